The summed E-state index contributed by atoms with van der Waals surface area (Å²) in [7, 11) is 2.18. The minimum atomic E-state index is 0.796. The highest BCUT2D eigenvalue weighted by molar-refractivity contribution is 7.09. The molecule has 0 amide bonds. The number of nitrogens with two attached hydrogens (primary N) is 1. The van der Waals surface area contributed by atoms with Gasteiger partial charge in [0.1, 0.15) is 0 Å². The van der Waals surface area contributed by atoms with Crippen LogP contribution in [0.4, 0.5) is 5.69 Å². The summed E-state index contributed by atoms with van der Waals surface area (Å²) in [6, 6.07) is 7.91. The van der Waals surface area contributed by atoms with Crippen molar-refractivity contribution in [3.63, 3.8) is 0 Å². The first-order valence-electron chi connectivity index (χ1n) is 7.18. The summed E-state index contributed by atoms with van der Waals surface area (Å²) < 4.78 is 0. The van der Waals surface area contributed by atoms with E-state index in [-0.39, 0.29) is 0 Å². The van der Waals surface area contributed by atoms with Gasteiger partial charge in [0.2, 0.25) is 0 Å². The molecule has 20 heavy (non-hydrogen) atoms. The molecular weight excluding hydrogens is 266 g/mol. The molecular formula is C16H23N3S. The van der Waals surface area contributed by atoms with Gasteiger partial charge in [-0.05, 0) is 26.1 Å². The highest BCUT2D eigenvalue weighted by Crippen LogP contribution is 2.26. The van der Waals surface area contributed by atoms with Crippen molar-refractivity contribution in [3.8, 4) is 11.3 Å². The van der Waals surface area contributed by atoms with Gasteiger partial charge in [0.05, 0.1) is 10.7 Å². The van der Waals surface area contributed by atoms with Gasteiger partial charge < -0.3 is 10.6 Å². The van der Waals surface area contributed by atoms with Gasteiger partial charge in [0, 0.05) is 29.6 Å². The molecule has 0 unspecified atom stereocenters. The Morgan fingerprint density at radius 1 is 1.25 bits per heavy atom. The van der Waals surface area contributed by atoms with Crippen molar-refractivity contribution in [2.24, 2.45) is 0 Å². The van der Waals surface area contributed by atoms with Crippen molar-refractivity contribution in [3.05, 3.63) is 34.7 Å². The molecule has 0 saturated heterocycles. The maximum atomic E-state index is 6.00. The smallest absolute Gasteiger partial charge is 0.0945 e. The fourth-order valence-electron chi connectivity index (χ4n) is 2.11. The van der Waals surface area contributed by atoms with E-state index in [2.05, 4.69) is 24.3 Å². The molecule has 0 bridgehead atoms. The van der Waals surface area contributed by atoms with Crippen LogP contribution < -0.4 is 5.73 Å². The first-order valence-corrected chi connectivity index (χ1v) is 8.06. The third-order valence-corrected chi connectivity index (χ3v) is 4.30. The Kier molecular flexibility index (Phi) is 5.56. The Balaban J connectivity index is 1.94. The van der Waals surface area contributed by atoms with Gasteiger partial charge in [-0.1, -0.05) is 31.5 Å². The molecule has 1 aromatic heterocycles. The number of likely N-dealkylation sites (N-methyl/N-ethyl adjacent to an activating group) is 1. The van der Waals surface area contributed by atoms with Crippen LogP contribution in [0.1, 0.15) is 24.8 Å². The van der Waals surface area contributed by atoms with E-state index in [1.807, 2.05) is 24.3 Å². The molecule has 4 heteroatoms. The monoisotopic (exact) mass is 289 g/mol. The van der Waals surface area contributed by atoms with Crippen molar-refractivity contribution in [1.29, 1.82) is 0 Å². The summed E-state index contributed by atoms with van der Waals surface area (Å²) in [4.78, 5) is 7.08. The molecule has 0 spiro atoms. The third kappa shape index (κ3) is 4.05. The maximum absolute atomic E-state index is 6.00. The number of hydrogen-bond donors (Lipinski definition) is 1. The normalized spacial score (nSPS) is 11.2. The van der Waals surface area contributed by atoms with Gasteiger partial charge >= 0.3 is 0 Å². The summed E-state index contributed by atoms with van der Waals surface area (Å²) in [6.07, 6.45) is 3.52. The maximum Gasteiger partial charge on any atom is 0.0945 e. The van der Waals surface area contributed by atoms with Gasteiger partial charge in [0.25, 0.3) is 0 Å². The molecule has 108 valence electrons. The lowest BCUT2D eigenvalue weighted by Gasteiger charge is -2.14. The van der Waals surface area contributed by atoms with Crippen LogP contribution >= 0.6 is 11.3 Å². The first-order chi connectivity index (χ1) is 9.70. The van der Waals surface area contributed by atoms with E-state index in [4.69, 9.17) is 10.7 Å². The number of aromatic nitrogens is 1. The number of thiazole rings is 1. The highest BCUT2D eigenvalue weighted by Gasteiger charge is 2.08. The van der Waals surface area contributed by atoms with Crippen molar-refractivity contribution < 1.29 is 0 Å². The van der Waals surface area contributed by atoms with E-state index >= 15 is 0 Å². The van der Waals surface area contributed by atoms with E-state index < -0.39 is 0 Å². The molecule has 0 radical (unpaired) electrons. The molecule has 3 nitrogen and oxygen atoms in total. The van der Waals surface area contributed by atoms with E-state index in [1.165, 1.54) is 24.4 Å². The van der Waals surface area contributed by atoms with Crippen LogP contribution in [0.2, 0.25) is 0 Å². The molecule has 0 saturated carbocycles. The van der Waals surface area contributed by atoms with Crippen LogP contribution in [0.15, 0.2) is 29.6 Å². The van der Waals surface area contributed by atoms with Crippen LogP contribution in [-0.4, -0.2) is 30.0 Å². The zero-order chi connectivity index (χ0) is 14.4. The van der Waals surface area contributed by atoms with Gasteiger partial charge in [-0.3, -0.25) is 0 Å². The standard InChI is InChI=1S/C16H23N3S/c1-3-4-10-19(2)11-9-16-18-15(12-20-16)13-7-5-6-8-14(13)17/h5-8,12H,3-4,9-11,17H2,1-2H3. The molecule has 0 aliphatic rings. The summed E-state index contributed by atoms with van der Waals surface area (Å²) in [5.74, 6) is 0. The van der Waals surface area contributed by atoms with Crippen molar-refractivity contribution in [2.45, 2.75) is 26.2 Å². The van der Waals surface area contributed by atoms with Crippen molar-refractivity contribution in [2.75, 3.05) is 25.9 Å². The highest BCUT2D eigenvalue weighted by atomic mass is 32.1. The number of unbranched alkanes of at least 4 members (excludes halogenated alkanes) is 1. The molecule has 0 fully saturated rings. The topological polar surface area (TPSA) is 42.2 Å². The van der Waals surface area contributed by atoms with Gasteiger partial charge in [-0.2, -0.15) is 0 Å². The summed E-state index contributed by atoms with van der Waals surface area (Å²) in [5, 5.41) is 3.29. The summed E-state index contributed by atoms with van der Waals surface area (Å²) >= 11 is 1.73. The molecule has 0 aliphatic carbocycles. The van der Waals surface area contributed by atoms with Gasteiger partial charge in [-0.15, -0.1) is 11.3 Å². The number of para-hydroxylation sites is 1. The lowest BCUT2D eigenvalue weighted by molar-refractivity contribution is 0.332. The summed E-state index contributed by atoms with van der Waals surface area (Å²) in [6.45, 7) is 4.46. The number of rotatable bonds is 7. The predicted molar refractivity (Wildman–Crippen MR) is 88.1 cm³/mol. The van der Waals surface area contributed by atoms with Crippen molar-refractivity contribution >= 4 is 17.0 Å². The van der Waals surface area contributed by atoms with Crippen LogP contribution in [0.5, 0.6) is 0 Å². The second-order valence-electron chi connectivity index (χ2n) is 5.12. The fourth-order valence-corrected chi connectivity index (χ4v) is 2.89. The van der Waals surface area contributed by atoms with E-state index in [9.17, 15) is 0 Å². The zero-order valence-electron chi connectivity index (χ0n) is 12.3. The van der Waals surface area contributed by atoms with Crippen LogP contribution in [0, 0.1) is 0 Å². The molecule has 1 heterocycles. The number of nitrogen functional groups attached to an aromatic ring is 1. The minimum Gasteiger partial charge on any atom is -0.398 e. The first kappa shape index (κ1) is 15.0. The third-order valence-electron chi connectivity index (χ3n) is 3.39. The molecule has 2 aromatic rings. The van der Waals surface area contributed by atoms with Gasteiger partial charge in [0.15, 0.2) is 0 Å². The SMILES string of the molecule is CCCCN(C)CCc1nc(-c2ccccc2N)cs1. The number of anilines is 1. The van der Waals surface area contributed by atoms with Crippen LogP contribution in [-0.2, 0) is 6.42 Å². The Bertz CT molecular complexity index is 536. The predicted octanol–water partition coefficient (Wildman–Crippen LogP) is 3.67. The minimum absolute atomic E-state index is 0.796. The Morgan fingerprint density at radius 2 is 2.05 bits per heavy atom. The second-order valence-corrected chi connectivity index (χ2v) is 6.06. The molecule has 1 aromatic carbocycles. The van der Waals surface area contributed by atoms with Crippen molar-refractivity contribution in [1.82, 2.24) is 9.88 Å². The Hall–Kier alpha value is -1.39. The average Bonchev–Trinajstić information content (AvgIpc) is 2.92. The van der Waals surface area contributed by atoms with E-state index in [0.29, 0.717) is 0 Å². The summed E-state index contributed by atoms with van der Waals surface area (Å²) in [5.41, 5.74) is 8.83. The van der Waals surface area contributed by atoms with Crippen LogP contribution in [0.3, 0.4) is 0 Å². The van der Waals surface area contributed by atoms with Gasteiger partial charge in [-0.25, -0.2) is 4.98 Å². The van der Waals surface area contributed by atoms with E-state index in [1.54, 1.807) is 11.3 Å². The van der Waals surface area contributed by atoms with Crippen LogP contribution in [0.25, 0.3) is 11.3 Å². The second kappa shape index (κ2) is 7.41. The zero-order valence-corrected chi connectivity index (χ0v) is 13.1. The number of benzene rings is 1. The van der Waals surface area contributed by atoms with E-state index in [0.717, 1.165) is 29.9 Å². The number of hydrogen-bond acceptors (Lipinski definition) is 4. The lowest BCUT2D eigenvalue weighted by Crippen LogP contribution is -2.22. The largest absolute Gasteiger partial charge is 0.398 e. The Morgan fingerprint density at radius 3 is 2.80 bits per heavy atom. The molecule has 2 rings (SSSR count). The molecule has 0 aliphatic heterocycles. The lowest BCUT2D eigenvalue weighted by atomic mass is 10.1. The quantitative estimate of drug-likeness (QED) is 0.791. The molecule has 2 N–H and O–H groups in total. The Labute approximate surface area is 125 Å². The number of nitrogens with zero attached hydrogens (tertiary/aromatic N) is 2. The molecule has 0 atom stereocenters. The fraction of sp³-hybridized carbons (Fsp3) is 0.438. The average molecular weight is 289 g/mol.